The molecule has 0 aliphatic carbocycles. The largest absolute Gasteiger partial charge is 0.497 e. The van der Waals surface area contributed by atoms with Crippen molar-refractivity contribution in [3.63, 3.8) is 0 Å². The van der Waals surface area contributed by atoms with Gasteiger partial charge in [-0.15, -0.1) is 0 Å². The van der Waals surface area contributed by atoms with Gasteiger partial charge in [0.1, 0.15) is 5.75 Å². The molecule has 2 atom stereocenters. The van der Waals surface area contributed by atoms with Crippen LogP contribution in [0.25, 0.3) is 0 Å². The number of amides is 2. The van der Waals surface area contributed by atoms with Crippen molar-refractivity contribution in [2.75, 3.05) is 32.1 Å². The first-order valence-electron chi connectivity index (χ1n) is 8.55. The van der Waals surface area contributed by atoms with Crippen LogP contribution in [-0.2, 0) is 9.59 Å². The second kappa shape index (κ2) is 10.6. The van der Waals surface area contributed by atoms with Crippen LogP contribution < -0.4 is 20.3 Å². The van der Waals surface area contributed by atoms with E-state index in [0.29, 0.717) is 13.1 Å². The van der Waals surface area contributed by atoms with E-state index < -0.39 is 0 Å². The molecule has 0 bridgehead atoms. The number of hydrogen-bond acceptors (Lipinski definition) is 3. The third-order valence-corrected chi connectivity index (χ3v) is 3.82. The zero-order valence-electron chi connectivity index (χ0n) is 15.1. The molecule has 6 heteroatoms. The molecule has 0 aliphatic heterocycles. The molecule has 0 aliphatic rings. The molecule has 1 unspecified atom stereocenters. The third kappa shape index (κ3) is 7.46. The van der Waals surface area contributed by atoms with Crippen molar-refractivity contribution < 1.29 is 19.2 Å². The first-order valence-corrected chi connectivity index (χ1v) is 8.55. The highest BCUT2D eigenvalue weighted by atomic mass is 16.5. The van der Waals surface area contributed by atoms with Gasteiger partial charge in [0.2, 0.25) is 0 Å². The summed E-state index contributed by atoms with van der Waals surface area (Å²) < 4.78 is 5.09. The minimum atomic E-state index is -0.105. The van der Waals surface area contributed by atoms with Crippen LogP contribution in [0.1, 0.15) is 33.6 Å². The molecule has 0 radical (unpaired) electrons. The van der Waals surface area contributed by atoms with Gasteiger partial charge < -0.3 is 20.3 Å². The van der Waals surface area contributed by atoms with E-state index in [1.807, 2.05) is 13.8 Å². The first kappa shape index (κ1) is 20.0. The predicted octanol–water partition coefficient (Wildman–Crippen LogP) is 0.843. The molecule has 0 saturated heterocycles. The Balaban J connectivity index is 2.45. The van der Waals surface area contributed by atoms with E-state index in [4.69, 9.17) is 4.74 Å². The zero-order chi connectivity index (χ0) is 17.9. The molecule has 134 valence electrons. The van der Waals surface area contributed by atoms with E-state index in [1.54, 1.807) is 31.4 Å². The van der Waals surface area contributed by atoms with Crippen LogP contribution in [0.4, 0.5) is 5.69 Å². The molecule has 1 aromatic carbocycles. The Labute approximate surface area is 144 Å². The van der Waals surface area contributed by atoms with Gasteiger partial charge in [-0.05, 0) is 44.5 Å². The normalized spacial score (nSPS) is 13.0. The topological polar surface area (TPSA) is 71.9 Å². The van der Waals surface area contributed by atoms with Crippen LogP contribution in [-0.4, -0.2) is 44.6 Å². The Morgan fingerprint density at radius 1 is 1.12 bits per heavy atom. The highest BCUT2D eigenvalue weighted by Crippen LogP contribution is 2.14. The lowest BCUT2D eigenvalue weighted by Gasteiger charge is -2.19. The second-order valence-corrected chi connectivity index (χ2v) is 5.99. The van der Waals surface area contributed by atoms with Crippen molar-refractivity contribution in [1.29, 1.82) is 0 Å². The van der Waals surface area contributed by atoms with Crippen LogP contribution in [0, 0.1) is 0 Å². The summed E-state index contributed by atoms with van der Waals surface area (Å²) in [5.74, 6) is 0.628. The Bertz CT molecular complexity index is 517. The minimum Gasteiger partial charge on any atom is -0.497 e. The quantitative estimate of drug-likeness (QED) is 0.593. The van der Waals surface area contributed by atoms with E-state index in [9.17, 15) is 9.59 Å². The number of hydrogen-bond donors (Lipinski definition) is 3. The van der Waals surface area contributed by atoms with Gasteiger partial charge in [0.15, 0.2) is 13.1 Å². The predicted molar refractivity (Wildman–Crippen MR) is 95.4 cm³/mol. The maximum atomic E-state index is 12.1. The van der Waals surface area contributed by atoms with Crippen LogP contribution >= 0.6 is 0 Å². The Hall–Kier alpha value is -2.08. The average molecular weight is 336 g/mol. The second-order valence-electron chi connectivity index (χ2n) is 5.99. The highest BCUT2D eigenvalue weighted by Gasteiger charge is 2.17. The molecule has 0 fully saturated rings. The molecule has 0 heterocycles. The third-order valence-electron chi connectivity index (χ3n) is 3.82. The molecule has 24 heavy (non-hydrogen) atoms. The van der Waals surface area contributed by atoms with Gasteiger partial charge >= 0.3 is 0 Å². The van der Waals surface area contributed by atoms with E-state index in [2.05, 4.69) is 17.6 Å². The fourth-order valence-electron chi connectivity index (χ4n) is 2.48. The van der Waals surface area contributed by atoms with Gasteiger partial charge in [0, 0.05) is 11.7 Å². The Morgan fingerprint density at radius 3 is 2.29 bits per heavy atom. The molecule has 1 aromatic rings. The van der Waals surface area contributed by atoms with E-state index >= 15 is 0 Å². The van der Waals surface area contributed by atoms with E-state index in [0.717, 1.165) is 29.2 Å². The number of anilines is 1. The molecule has 1 rings (SSSR count). The number of benzene rings is 1. The number of carbonyl (C=O) groups is 2. The fraction of sp³-hybridized carbons (Fsp3) is 0.556. The van der Waals surface area contributed by atoms with E-state index in [-0.39, 0.29) is 24.4 Å². The molecule has 0 aromatic heterocycles. The van der Waals surface area contributed by atoms with Gasteiger partial charge in [-0.2, -0.15) is 0 Å². The SMILES string of the molecule is CCC[C@@H](C)NC(=O)C[NH+](CC)CC(=O)Nc1ccc(OC)cc1. The van der Waals surface area contributed by atoms with Crippen molar-refractivity contribution in [3.8, 4) is 5.75 Å². The van der Waals surface area contributed by atoms with Gasteiger partial charge in [-0.3, -0.25) is 9.59 Å². The summed E-state index contributed by atoms with van der Waals surface area (Å²) in [5, 5.41) is 5.82. The molecule has 2 amide bonds. The fourth-order valence-corrected chi connectivity index (χ4v) is 2.48. The number of rotatable bonds is 10. The summed E-state index contributed by atoms with van der Waals surface area (Å²) in [4.78, 5) is 25.1. The van der Waals surface area contributed by atoms with Crippen LogP contribution in [0.2, 0.25) is 0 Å². The highest BCUT2D eigenvalue weighted by molar-refractivity contribution is 5.91. The summed E-state index contributed by atoms with van der Waals surface area (Å²) >= 11 is 0. The van der Waals surface area contributed by atoms with Gasteiger partial charge in [0.05, 0.1) is 13.7 Å². The van der Waals surface area contributed by atoms with Crippen LogP contribution in [0.3, 0.4) is 0 Å². The van der Waals surface area contributed by atoms with Gasteiger partial charge in [-0.25, -0.2) is 0 Å². The molecule has 0 saturated carbocycles. The number of carbonyl (C=O) groups excluding carboxylic acids is 2. The first-order chi connectivity index (χ1) is 11.5. The summed E-state index contributed by atoms with van der Waals surface area (Å²) in [7, 11) is 1.60. The lowest BCUT2D eigenvalue weighted by molar-refractivity contribution is -0.881. The van der Waals surface area contributed by atoms with E-state index in [1.165, 1.54) is 0 Å². The number of nitrogens with one attached hydrogen (secondary N) is 3. The molecule has 3 N–H and O–H groups in total. The zero-order valence-corrected chi connectivity index (χ0v) is 15.1. The number of ether oxygens (including phenoxy) is 1. The van der Waals surface area contributed by atoms with Crippen molar-refractivity contribution >= 4 is 17.5 Å². The van der Waals surface area contributed by atoms with Crippen LogP contribution in [0.5, 0.6) is 5.75 Å². The van der Waals surface area contributed by atoms with Gasteiger partial charge in [0.25, 0.3) is 11.8 Å². The smallest absolute Gasteiger partial charge is 0.279 e. The number of likely N-dealkylation sites (N-methyl/N-ethyl adjacent to an activating group) is 1. The van der Waals surface area contributed by atoms with Crippen LogP contribution in [0.15, 0.2) is 24.3 Å². The Morgan fingerprint density at radius 2 is 1.75 bits per heavy atom. The Kier molecular flexibility index (Phi) is 8.86. The summed E-state index contributed by atoms with van der Waals surface area (Å²) in [6, 6.07) is 7.35. The average Bonchev–Trinajstić information content (AvgIpc) is 2.54. The van der Waals surface area contributed by atoms with Crippen molar-refractivity contribution in [1.82, 2.24) is 5.32 Å². The maximum Gasteiger partial charge on any atom is 0.279 e. The van der Waals surface area contributed by atoms with Crippen molar-refractivity contribution in [3.05, 3.63) is 24.3 Å². The number of methoxy groups -OCH3 is 1. The monoisotopic (exact) mass is 336 g/mol. The molecule has 0 spiro atoms. The molecule has 6 nitrogen and oxygen atoms in total. The maximum absolute atomic E-state index is 12.1. The summed E-state index contributed by atoms with van der Waals surface area (Å²) in [6.45, 7) is 7.35. The standard InChI is InChI=1S/C18H29N3O3/c1-5-7-14(3)19-17(22)12-21(6-2)13-18(23)20-15-8-10-16(24-4)11-9-15/h8-11,14H,5-7,12-13H2,1-4H3,(H,19,22)(H,20,23)/p+1/t14-/m1/s1. The lowest BCUT2D eigenvalue weighted by atomic mass is 10.2. The number of quaternary nitrogens is 1. The minimum absolute atomic E-state index is 0.00922. The summed E-state index contributed by atoms with van der Waals surface area (Å²) in [6.07, 6.45) is 2.00. The van der Waals surface area contributed by atoms with Crippen molar-refractivity contribution in [2.45, 2.75) is 39.7 Å². The van der Waals surface area contributed by atoms with Gasteiger partial charge in [-0.1, -0.05) is 13.3 Å². The molecular formula is C18H30N3O3+. The van der Waals surface area contributed by atoms with Crippen molar-refractivity contribution in [2.24, 2.45) is 0 Å². The molecular weight excluding hydrogens is 306 g/mol. The summed E-state index contributed by atoms with van der Waals surface area (Å²) in [5.41, 5.74) is 0.720. The lowest BCUT2D eigenvalue weighted by Crippen LogP contribution is -3.14.